The van der Waals surface area contributed by atoms with Crippen LogP contribution >= 0.6 is 11.6 Å². The molecule has 4 rings (SSSR count). The lowest BCUT2D eigenvalue weighted by molar-refractivity contribution is -0.119. The van der Waals surface area contributed by atoms with E-state index in [-0.39, 0.29) is 17.1 Å². The van der Waals surface area contributed by atoms with Crippen molar-refractivity contribution in [2.24, 2.45) is 11.3 Å². The van der Waals surface area contributed by atoms with Crippen molar-refractivity contribution in [3.05, 3.63) is 33.9 Å². The zero-order valence-electron chi connectivity index (χ0n) is 11.5. The molecule has 2 bridgehead atoms. The first-order valence-electron chi connectivity index (χ1n) is 7.36. The lowest BCUT2D eigenvalue weighted by atomic mass is 9.70. The van der Waals surface area contributed by atoms with E-state index in [0.29, 0.717) is 10.8 Å². The molecule has 1 aromatic rings. The van der Waals surface area contributed by atoms with Crippen molar-refractivity contribution in [2.45, 2.75) is 39.0 Å². The number of phenols is 1. The Morgan fingerprint density at radius 3 is 3.00 bits per heavy atom. The van der Waals surface area contributed by atoms with Gasteiger partial charge in [-0.2, -0.15) is 0 Å². The van der Waals surface area contributed by atoms with E-state index in [2.05, 4.69) is 6.92 Å². The number of aromatic hydroxyl groups is 1. The Balaban J connectivity index is 2.03. The maximum absolute atomic E-state index is 12.6. The second kappa shape index (κ2) is 3.88. The zero-order chi connectivity index (χ0) is 14.1. The van der Waals surface area contributed by atoms with Gasteiger partial charge in [0.05, 0.1) is 5.02 Å². The average molecular weight is 289 g/mol. The lowest BCUT2D eigenvalue weighted by Gasteiger charge is -2.32. The van der Waals surface area contributed by atoms with Gasteiger partial charge in [0, 0.05) is 11.3 Å². The largest absolute Gasteiger partial charge is 0.506 e. The van der Waals surface area contributed by atoms with Gasteiger partial charge in [-0.05, 0) is 60.4 Å². The van der Waals surface area contributed by atoms with E-state index >= 15 is 0 Å². The van der Waals surface area contributed by atoms with Crippen LogP contribution in [0.5, 0.6) is 5.75 Å². The van der Waals surface area contributed by atoms with Crippen LogP contribution in [0.15, 0.2) is 17.7 Å². The fourth-order valence-corrected chi connectivity index (χ4v) is 4.90. The van der Waals surface area contributed by atoms with E-state index in [9.17, 15) is 9.90 Å². The molecule has 1 saturated carbocycles. The molecule has 0 heterocycles. The first-order valence-corrected chi connectivity index (χ1v) is 7.74. The van der Waals surface area contributed by atoms with E-state index in [0.717, 1.165) is 48.8 Å². The molecule has 1 N–H and O–H groups in total. The number of Topliss-reactive ketones (excluding diaryl/α,β-unsaturated/α-hetero) is 1. The van der Waals surface area contributed by atoms with Crippen LogP contribution in [0.1, 0.15) is 43.7 Å². The number of halogens is 1. The molecule has 3 heteroatoms. The third-order valence-corrected chi connectivity index (χ3v) is 5.89. The third kappa shape index (κ3) is 1.33. The van der Waals surface area contributed by atoms with Crippen LogP contribution in [0.2, 0.25) is 5.02 Å². The van der Waals surface area contributed by atoms with Crippen LogP contribution in [0, 0.1) is 11.3 Å². The van der Waals surface area contributed by atoms with Gasteiger partial charge in [0.25, 0.3) is 0 Å². The highest BCUT2D eigenvalue weighted by atomic mass is 35.5. The fourth-order valence-electron chi connectivity index (χ4n) is 4.67. The van der Waals surface area contributed by atoms with Crippen LogP contribution in [0.4, 0.5) is 0 Å². The lowest BCUT2D eigenvalue weighted by Crippen LogP contribution is -2.27. The molecule has 3 aliphatic rings. The minimum atomic E-state index is 0.115. The molecule has 0 saturated heterocycles. The monoisotopic (exact) mass is 288 g/mol. The van der Waals surface area contributed by atoms with Gasteiger partial charge in [0.1, 0.15) is 5.75 Å². The number of carbonyl (C=O) groups excluding carboxylic acids is 1. The fraction of sp³-hybridized carbons (Fsp3) is 0.471. The first kappa shape index (κ1) is 12.5. The minimum Gasteiger partial charge on any atom is -0.506 e. The van der Waals surface area contributed by atoms with E-state index in [1.807, 2.05) is 6.07 Å². The van der Waals surface area contributed by atoms with Gasteiger partial charge in [-0.1, -0.05) is 24.6 Å². The van der Waals surface area contributed by atoms with Gasteiger partial charge < -0.3 is 5.11 Å². The number of hydrogen-bond acceptors (Lipinski definition) is 2. The van der Waals surface area contributed by atoms with Crippen LogP contribution in [0.3, 0.4) is 0 Å². The van der Waals surface area contributed by atoms with Crippen molar-refractivity contribution in [3.63, 3.8) is 0 Å². The molecular formula is C17H17ClO2. The van der Waals surface area contributed by atoms with Crippen LogP contribution < -0.4 is 0 Å². The van der Waals surface area contributed by atoms with Crippen molar-refractivity contribution in [3.8, 4) is 5.75 Å². The van der Waals surface area contributed by atoms with E-state index in [1.54, 1.807) is 6.07 Å². The Hall–Kier alpha value is -1.28. The van der Waals surface area contributed by atoms with E-state index < -0.39 is 0 Å². The molecule has 1 aromatic carbocycles. The first-order chi connectivity index (χ1) is 9.57. The molecule has 0 aliphatic heterocycles. The second-order valence-electron chi connectivity index (χ2n) is 6.39. The number of benzene rings is 1. The number of ketones is 1. The van der Waals surface area contributed by atoms with Crippen molar-refractivity contribution in [2.75, 3.05) is 0 Å². The minimum absolute atomic E-state index is 0.115. The molecule has 0 aromatic heterocycles. The normalized spacial score (nSPS) is 30.7. The Labute approximate surface area is 123 Å². The number of hydrogen-bond donors (Lipinski definition) is 1. The topological polar surface area (TPSA) is 37.3 Å². The molecule has 1 fully saturated rings. The molecule has 2 nitrogen and oxygen atoms in total. The summed E-state index contributed by atoms with van der Waals surface area (Å²) in [6, 6.07) is 3.61. The van der Waals surface area contributed by atoms with Gasteiger partial charge in [-0.3, -0.25) is 4.79 Å². The molecule has 2 atom stereocenters. The summed E-state index contributed by atoms with van der Waals surface area (Å²) in [5, 5.41) is 10.3. The summed E-state index contributed by atoms with van der Waals surface area (Å²) in [4.78, 5) is 12.6. The standard InChI is InChI=1S/C17H17ClO2/c1-2-10-14-11-3-4-13(19)15(18)12(11)8-17(14)6-5-9(7-17)16(10)20/h3-4,9,19H,2,5-8H2,1H3/t9-,17+/m1/s1. The Kier molecular flexibility index (Phi) is 2.42. The third-order valence-electron chi connectivity index (χ3n) is 5.47. The number of rotatable bonds is 1. The van der Waals surface area contributed by atoms with Crippen LogP contribution in [0.25, 0.3) is 5.57 Å². The molecule has 104 valence electrons. The summed E-state index contributed by atoms with van der Waals surface area (Å²) in [5.41, 5.74) is 4.53. The highest BCUT2D eigenvalue weighted by Crippen LogP contribution is 2.63. The Morgan fingerprint density at radius 1 is 1.45 bits per heavy atom. The number of allylic oxidation sites excluding steroid dienone is 2. The maximum Gasteiger partial charge on any atom is 0.162 e. The SMILES string of the molecule is CCC1=C2c3ccc(O)c(Cl)c3C[C@@]23CC[C@H](C3)C1=O. The molecule has 3 aliphatic carbocycles. The van der Waals surface area contributed by atoms with Gasteiger partial charge in [0.2, 0.25) is 0 Å². The van der Waals surface area contributed by atoms with Crippen molar-refractivity contribution in [1.29, 1.82) is 0 Å². The molecule has 0 radical (unpaired) electrons. The predicted octanol–water partition coefficient (Wildman–Crippen LogP) is 4.13. The number of carbonyl (C=O) groups is 1. The number of phenolic OH excluding ortho intramolecular Hbond substituents is 1. The zero-order valence-corrected chi connectivity index (χ0v) is 12.3. The molecule has 0 unspecified atom stereocenters. The molecular weight excluding hydrogens is 272 g/mol. The smallest absolute Gasteiger partial charge is 0.162 e. The summed E-state index contributed by atoms with van der Waals surface area (Å²) in [6.45, 7) is 2.07. The molecule has 0 amide bonds. The van der Waals surface area contributed by atoms with Gasteiger partial charge in [0.15, 0.2) is 5.78 Å². The average Bonchev–Trinajstić information content (AvgIpc) is 2.97. The van der Waals surface area contributed by atoms with Crippen LogP contribution in [-0.4, -0.2) is 10.9 Å². The Bertz CT molecular complexity index is 674. The van der Waals surface area contributed by atoms with Crippen LogP contribution in [-0.2, 0) is 11.2 Å². The van der Waals surface area contributed by atoms with Gasteiger partial charge >= 0.3 is 0 Å². The van der Waals surface area contributed by atoms with Gasteiger partial charge in [-0.15, -0.1) is 0 Å². The highest BCUT2D eigenvalue weighted by Gasteiger charge is 2.54. The summed E-state index contributed by atoms with van der Waals surface area (Å²) >= 11 is 6.31. The predicted molar refractivity (Wildman–Crippen MR) is 78.8 cm³/mol. The summed E-state index contributed by atoms with van der Waals surface area (Å²) in [7, 11) is 0. The summed E-state index contributed by atoms with van der Waals surface area (Å²) in [6.07, 6.45) is 4.73. The quantitative estimate of drug-likeness (QED) is 0.843. The van der Waals surface area contributed by atoms with Crippen molar-refractivity contribution in [1.82, 2.24) is 0 Å². The second-order valence-corrected chi connectivity index (χ2v) is 6.77. The molecule has 1 spiro atoms. The Morgan fingerprint density at radius 2 is 2.25 bits per heavy atom. The molecule has 20 heavy (non-hydrogen) atoms. The summed E-state index contributed by atoms with van der Waals surface area (Å²) in [5.74, 6) is 0.725. The van der Waals surface area contributed by atoms with Crippen molar-refractivity contribution >= 4 is 23.0 Å². The highest BCUT2D eigenvalue weighted by molar-refractivity contribution is 6.33. The maximum atomic E-state index is 12.6. The number of fused-ring (bicyclic) bond motifs is 3. The van der Waals surface area contributed by atoms with E-state index in [1.165, 1.54) is 5.57 Å². The van der Waals surface area contributed by atoms with Crippen molar-refractivity contribution < 1.29 is 9.90 Å². The summed E-state index contributed by atoms with van der Waals surface area (Å²) < 4.78 is 0. The van der Waals surface area contributed by atoms with E-state index in [4.69, 9.17) is 11.6 Å². The van der Waals surface area contributed by atoms with Gasteiger partial charge in [-0.25, -0.2) is 0 Å².